The molecule has 0 radical (unpaired) electrons. The number of imidazole rings is 1. The maximum Gasteiger partial charge on any atom is 0.229 e. The summed E-state index contributed by atoms with van der Waals surface area (Å²) in [5.74, 6) is -1.82. The van der Waals surface area contributed by atoms with E-state index in [1.165, 1.54) is 0 Å². The number of rotatable bonds is 6. The van der Waals surface area contributed by atoms with Gasteiger partial charge in [-0.15, -0.1) is 0 Å². The number of nitrogens with zero attached hydrogens (tertiary/aromatic N) is 2. The zero-order chi connectivity index (χ0) is 19.0. The Balaban J connectivity index is 1.37. The number of fused-ring (bicyclic) bond motifs is 2. The van der Waals surface area contributed by atoms with E-state index in [1.54, 1.807) is 43.7 Å². The molecular formula is C20H22N4O3. The number of benzene rings is 1. The van der Waals surface area contributed by atoms with Crippen LogP contribution in [0.1, 0.15) is 30.1 Å². The van der Waals surface area contributed by atoms with Crippen LogP contribution < -0.4 is 10.6 Å². The Bertz CT molecular complexity index is 892. The number of amides is 2. The van der Waals surface area contributed by atoms with E-state index in [0.29, 0.717) is 17.8 Å². The van der Waals surface area contributed by atoms with Crippen molar-refractivity contribution in [1.29, 1.82) is 0 Å². The molecule has 1 aromatic carbocycles. The molecule has 1 unspecified atom stereocenters. The highest BCUT2D eigenvalue weighted by Crippen LogP contribution is 2.62. The Morgan fingerprint density at radius 2 is 2.11 bits per heavy atom. The van der Waals surface area contributed by atoms with Crippen molar-refractivity contribution in [2.75, 3.05) is 11.9 Å². The van der Waals surface area contributed by atoms with Gasteiger partial charge in [0.25, 0.3) is 0 Å². The molecule has 2 N–H and O–H groups in total. The predicted molar refractivity (Wildman–Crippen MR) is 99.0 cm³/mol. The number of Topliss-reactive ketones (excluding diaryl/α,β-unsaturated/α-hetero) is 1. The van der Waals surface area contributed by atoms with Crippen molar-refractivity contribution in [2.24, 2.45) is 17.3 Å². The standard InChI is InChI=1S/C20H22N4O3/c1-20-15(18(26)22-8-4-5-10-24-11-9-21-12-24)16(20)19(27)23-14-7-3-2-6-13(14)17(20)25/h2-3,6-7,9,11-12,15-16H,4-5,8,10H2,1H3,(H,22,26)(H,23,27)/t15-,16?,20+/m0/s1. The summed E-state index contributed by atoms with van der Waals surface area (Å²) in [5.41, 5.74) is 0.0449. The summed E-state index contributed by atoms with van der Waals surface area (Å²) in [6.45, 7) is 3.10. The molecule has 1 aliphatic carbocycles. The van der Waals surface area contributed by atoms with Crippen molar-refractivity contribution >= 4 is 23.3 Å². The number of unbranched alkanes of at least 4 members (excludes halogenated alkanes) is 1. The number of carbonyl (C=O) groups is 3. The monoisotopic (exact) mass is 366 g/mol. The number of aromatic nitrogens is 2. The van der Waals surface area contributed by atoms with Crippen LogP contribution in [0.15, 0.2) is 43.0 Å². The van der Waals surface area contributed by atoms with Gasteiger partial charge in [-0.25, -0.2) is 4.98 Å². The SMILES string of the molecule is C[C@]12C(=O)c3ccccc3NC(=O)C1[C@H]2C(=O)NCCCCn1ccnc1. The summed E-state index contributed by atoms with van der Waals surface area (Å²) in [6.07, 6.45) is 7.13. The van der Waals surface area contributed by atoms with Crippen molar-refractivity contribution in [3.63, 3.8) is 0 Å². The highest BCUT2D eigenvalue weighted by Gasteiger charge is 2.73. The van der Waals surface area contributed by atoms with Gasteiger partial charge in [0.15, 0.2) is 5.78 Å². The van der Waals surface area contributed by atoms with E-state index in [2.05, 4.69) is 15.6 Å². The highest BCUT2D eigenvalue weighted by atomic mass is 16.2. The second-order valence-corrected chi connectivity index (χ2v) is 7.40. The zero-order valence-electron chi connectivity index (χ0n) is 15.1. The van der Waals surface area contributed by atoms with E-state index in [1.807, 2.05) is 10.8 Å². The maximum atomic E-state index is 13.0. The molecule has 27 heavy (non-hydrogen) atoms. The van der Waals surface area contributed by atoms with E-state index in [0.717, 1.165) is 19.4 Å². The topological polar surface area (TPSA) is 93.1 Å². The van der Waals surface area contributed by atoms with Crippen LogP contribution in [-0.4, -0.2) is 33.7 Å². The van der Waals surface area contributed by atoms with Crippen LogP contribution in [0.3, 0.4) is 0 Å². The molecule has 7 heteroatoms. The molecule has 2 amide bonds. The molecular weight excluding hydrogens is 344 g/mol. The zero-order valence-corrected chi connectivity index (χ0v) is 15.1. The lowest BCUT2D eigenvalue weighted by Gasteiger charge is -2.12. The number of aryl methyl sites for hydroxylation is 1. The molecule has 0 bridgehead atoms. The van der Waals surface area contributed by atoms with Crippen LogP contribution in [0, 0.1) is 17.3 Å². The fourth-order valence-electron chi connectivity index (χ4n) is 4.09. The summed E-state index contributed by atoms with van der Waals surface area (Å²) in [7, 11) is 0. The van der Waals surface area contributed by atoms with Crippen LogP contribution in [0.2, 0.25) is 0 Å². The van der Waals surface area contributed by atoms with Crippen molar-refractivity contribution in [2.45, 2.75) is 26.3 Å². The maximum absolute atomic E-state index is 13.0. The van der Waals surface area contributed by atoms with Gasteiger partial charge in [0.2, 0.25) is 11.8 Å². The molecule has 2 aliphatic rings. The third kappa shape index (κ3) is 2.93. The highest BCUT2D eigenvalue weighted by molar-refractivity contribution is 6.19. The van der Waals surface area contributed by atoms with Crippen LogP contribution in [0.25, 0.3) is 0 Å². The van der Waals surface area contributed by atoms with Gasteiger partial charge in [-0.3, -0.25) is 14.4 Å². The summed E-state index contributed by atoms with van der Waals surface area (Å²) in [5, 5.41) is 5.69. The van der Waals surface area contributed by atoms with Crippen molar-refractivity contribution < 1.29 is 14.4 Å². The van der Waals surface area contributed by atoms with Gasteiger partial charge in [0.05, 0.1) is 29.3 Å². The van der Waals surface area contributed by atoms with Gasteiger partial charge >= 0.3 is 0 Å². The lowest BCUT2D eigenvalue weighted by atomic mass is 9.92. The first-order valence-electron chi connectivity index (χ1n) is 9.21. The van der Waals surface area contributed by atoms with Gasteiger partial charge in [-0.05, 0) is 25.0 Å². The minimum Gasteiger partial charge on any atom is -0.356 e. The fourth-order valence-corrected chi connectivity index (χ4v) is 4.09. The Morgan fingerprint density at radius 1 is 1.30 bits per heavy atom. The summed E-state index contributed by atoms with van der Waals surface area (Å²) in [6, 6.07) is 6.97. The summed E-state index contributed by atoms with van der Waals surface area (Å²) >= 11 is 0. The Morgan fingerprint density at radius 3 is 2.89 bits per heavy atom. The first kappa shape index (κ1) is 17.5. The number of anilines is 1. The van der Waals surface area contributed by atoms with Gasteiger partial charge in [-0.2, -0.15) is 0 Å². The largest absolute Gasteiger partial charge is 0.356 e. The Labute approximate surface area is 157 Å². The van der Waals surface area contributed by atoms with Crippen molar-refractivity contribution in [3.8, 4) is 0 Å². The summed E-state index contributed by atoms with van der Waals surface area (Å²) in [4.78, 5) is 42.1. The first-order valence-corrected chi connectivity index (χ1v) is 9.21. The first-order chi connectivity index (χ1) is 13.0. The lowest BCUT2D eigenvalue weighted by Crippen LogP contribution is -2.30. The lowest BCUT2D eigenvalue weighted by molar-refractivity contribution is -0.125. The van der Waals surface area contributed by atoms with Crippen LogP contribution >= 0.6 is 0 Å². The van der Waals surface area contributed by atoms with E-state index in [4.69, 9.17) is 0 Å². The van der Waals surface area contributed by atoms with E-state index < -0.39 is 17.3 Å². The molecule has 140 valence electrons. The average Bonchev–Trinajstić information content (AvgIpc) is 3.02. The quantitative estimate of drug-likeness (QED) is 0.763. The molecule has 1 aromatic heterocycles. The van der Waals surface area contributed by atoms with Gasteiger partial charge < -0.3 is 15.2 Å². The Hall–Kier alpha value is -2.96. The third-order valence-corrected chi connectivity index (χ3v) is 5.70. The molecule has 0 spiro atoms. The second kappa shape index (κ2) is 6.64. The third-order valence-electron chi connectivity index (χ3n) is 5.70. The smallest absolute Gasteiger partial charge is 0.229 e. The number of carbonyl (C=O) groups excluding carboxylic acids is 3. The number of hydrogen-bond acceptors (Lipinski definition) is 4. The molecule has 1 saturated carbocycles. The molecule has 1 fully saturated rings. The molecule has 2 heterocycles. The van der Waals surface area contributed by atoms with E-state index >= 15 is 0 Å². The van der Waals surface area contributed by atoms with Gasteiger partial charge in [0.1, 0.15) is 0 Å². The molecule has 0 saturated heterocycles. The minimum atomic E-state index is -0.961. The molecule has 7 nitrogen and oxygen atoms in total. The fraction of sp³-hybridized carbons (Fsp3) is 0.400. The molecule has 1 aliphatic heterocycles. The number of ketones is 1. The van der Waals surface area contributed by atoms with Gasteiger partial charge in [-0.1, -0.05) is 19.1 Å². The molecule has 4 rings (SSSR count). The van der Waals surface area contributed by atoms with Crippen LogP contribution in [0.5, 0.6) is 0 Å². The van der Waals surface area contributed by atoms with Crippen molar-refractivity contribution in [3.05, 3.63) is 48.5 Å². The normalized spacial score (nSPS) is 25.8. The predicted octanol–water partition coefficient (Wildman–Crippen LogP) is 1.87. The minimum absolute atomic E-state index is 0.137. The number of hydrogen-bond donors (Lipinski definition) is 2. The van der Waals surface area contributed by atoms with E-state index in [9.17, 15) is 14.4 Å². The Kier molecular flexibility index (Phi) is 4.30. The van der Waals surface area contributed by atoms with Crippen molar-refractivity contribution in [1.82, 2.24) is 14.9 Å². The molecule has 2 aromatic rings. The molecule has 3 atom stereocenters. The van der Waals surface area contributed by atoms with Crippen LogP contribution in [0.4, 0.5) is 5.69 Å². The second-order valence-electron chi connectivity index (χ2n) is 7.40. The average molecular weight is 366 g/mol. The number of nitrogens with one attached hydrogen (secondary N) is 2. The number of para-hydroxylation sites is 1. The van der Waals surface area contributed by atoms with E-state index in [-0.39, 0.29) is 17.6 Å². The van der Waals surface area contributed by atoms with Crippen LogP contribution in [-0.2, 0) is 16.1 Å². The summed E-state index contributed by atoms with van der Waals surface area (Å²) < 4.78 is 1.99. The van der Waals surface area contributed by atoms with Gasteiger partial charge in [0, 0.05) is 31.0 Å².